The summed E-state index contributed by atoms with van der Waals surface area (Å²) in [5.74, 6) is 1.90. The van der Waals surface area contributed by atoms with Crippen LogP contribution in [0.15, 0.2) is 30.7 Å². The predicted molar refractivity (Wildman–Crippen MR) is 119 cm³/mol. The van der Waals surface area contributed by atoms with Crippen LogP contribution in [0.1, 0.15) is 89.7 Å². The van der Waals surface area contributed by atoms with Crippen molar-refractivity contribution in [3.63, 3.8) is 0 Å². The summed E-state index contributed by atoms with van der Waals surface area (Å²) < 4.78 is 5.83. The van der Waals surface area contributed by atoms with Crippen LogP contribution in [0.2, 0.25) is 0 Å². The largest absolute Gasteiger partial charge is 0.492 e. The molecule has 0 aromatic carbocycles. The van der Waals surface area contributed by atoms with Gasteiger partial charge in [0, 0.05) is 6.20 Å². The van der Waals surface area contributed by atoms with Crippen LogP contribution in [0, 0.1) is 5.92 Å². The molecule has 3 rings (SSSR count). The molecule has 4 heteroatoms. The lowest BCUT2D eigenvalue weighted by Crippen LogP contribution is -1.99. The average molecular weight is 396 g/mol. The lowest BCUT2D eigenvalue weighted by atomic mass is 10.1. The number of aryl methyl sites for hydroxylation is 1. The van der Waals surface area contributed by atoms with Gasteiger partial charge in [-0.2, -0.15) is 0 Å². The van der Waals surface area contributed by atoms with E-state index in [9.17, 15) is 0 Å². The first-order chi connectivity index (χ1) is 14.3. The number of ether oxygens (including phenoxy) is 1. The number of aromatic nitrogens is 3. The highest BCUT2D eigenvalue weighted by Gasteiger charge is 2.19. The van der Waals surface area contributed by atoms with E-state index >= 15 is 0 Å². The van der Waals surface area contributed by atoms with Gasteiger partial charge in [0.2, 0.25) is 0 Å². The number of unbranched alkanes of at least 4 members (excludes halogenated alkanes) is 7. The molecule has 0 aliphatic heterocycles. The van der Waals surface area contributed by atoms with E-state index < -0.39 is 0 Å². The van der Waals surface area contributed by atoms with E-state index in [4.69, 9.17) is 4.74 Å². The van der Waals surface area contributed by atoms with Crippen molar-refractivity contribution in [2.45, 2.75) is 90.4 Å². The molecule has 158 valence electrons. The van der Waals surface area contributed by atoms with Crippen LogP contribution >= 0.6 is 0 Å². The van der Waals surface area contributed by atoms with Crippen LogP contribution in [-0.4, -0.2) is 21.6 Å². The molecule has 0 unspecified atom stereocenters. The fourth-order valence-electron chi connectivity index (χ4n) is 3.63. The van der Waals surface area contributed by atoms with Crippen molar-refractivity contribution < 1.29 is 4.74 Å². The Labute approximate surface area is 176 Å². The van der Waals surface area contributed by atoms with Crippen molar-refractivity contribution in [3.05, 3.63) is 36.4 Å². The number of hydrogen-bond acceptors (Lipinski definition) is 4. The Morgan fingerprint density at radius 2 is 1.59 bits per heavy atom. The average Bonchev–Trinajstić information content (AvgIpc) is 3.58. The zero-order chi connectivity index (χ0) is 20.2. The highest BCUT2D eigenvalue weighted by atomic mass is 16.5. The van der Waals surface area contributed by atoms with Gasteiger partial charge in [-0.1, -0.05) is 71.1 Å². The first kappa shape index (κ1) is 21.7. The molecule has 0 radical (unpaired) electrons. The van der Waals surface area contributed by atoms with Crippen LogP contribution in [-0.2, 0) is 6.42 Å². The summed E-state index contributed by atoms with van der Waals surface area (Å²) in [6, 6.07) is 3.96. The van der Waals surface area contributed by atoms with Crippen molar-refractivity contribution in [3.8, 4) is 17.1 Å². The monoisotopic (exact) mass is 395 g/mol. The van der Waals surface area contributed by atoms with Gasteiger partial charge in [-0.3, -0.25) is 15.0 Å². The van der Waals surface area contributed by atoms with Gasteiger partial charge in [0.05, 0.1) is 30.4 Å². The second-order valence-corrected chi connectivity index (χ2v) is 8.43. The SMILES string of the molecule is CCCCCCCc1cnc(-c2ccc(OCCCCCCC3CC3)cn2)cn1. The fraction of sp³-hybridized carbons (Fsp3) is 0.640. The first-order valence-corrected chi connectivity index (χ1v) is 11.8. The van der Waals surface area contributed by atoms with E-state index in [-0.39, 0.29) is 0 Å². The smallest absolute Gasteiger partial charge is 0.137 e. The van der Waals surface area contributed by atoms with Gasteiger partial charge >= 0.3 is 0 Å². The first-order valence-electron chi connectivity index (χ1n) is 11.8. The van der Waals surface area contributed by atoms with Gasteiger partial charge in [-0.15, -0.1) is 0 Å². The second-order valence-electron chi connectivity index (χ2n) is 8.43. The van der Waals surface area contributed by atoms with E-state index in [0.717, 1.165) is 48.2 Å². The van der Waals surface area contributed by atoms with Crippen molar-refractivity contribution >= 4 is 0 Å². The Bertz CT molecular complexity index is 680. The van der Waals surface area contributed by atoms with Crippen molar-refractivity contribution in [2.75, 3.05) is 6.61 Å². The number of hydrogen-bond donors (Lipinski definition) is 0. The Balaban J connectivity index is 1.33. The second kappa shape index (κ2) is 12.6. The lowest BCUT2D eigenvalue weighted by molar-refractivity contribution is 0.303. The molecular formula is C25H37N3O. The van der Waals surface area contributed by atoms with Crippen molar-refractivity contribution in [1.82, 2.24) is 15.0 Å². The van der Waals surface area contributed by atoms with Gasteiger partial charge in [0.25, 0.3) is 0 Å². The lowest BCUT2D eigenvalue weighted by Gasteiger charge is -2.07. The van der Waals surface area contributed by atoms with E-state index in [1.807, 2.05) is 24.5 Å². The molecule has 0 atom stereocenters. The number of nitrogens with zero attached hydrogens (tertiary/aromatic N) is 3. The molecule has 2 aromatic rings. The topological polar surface area (TPSA) is 47.9 Å². The summed E-state index contributed by atoms with van der Waals surface area (Å²) >= 11 is 0. The molecule has 29 heavy (non-hydrogen) atoms. The summed E-state index contributed by atoms with van der Waals surface area (Å²) in [4.78, 5) is 13.6. The zero-order valence-electron chi connectivity index (χ0n) is 18.1. The van der Waals surface area contributed by atoms with Crippen molar-refractivity contribution in [1.29, 1.82) is 0 Å². The van der Waals surface area contributed by atoms with E-state index in [2.05, 4.69) is 21.9 Å². The minimum absolute atomic E-state index is 0.775. The number of rotatable bonds is 15. The third-order valence-electron chi connectivity index (χ3n) is 5.71. The molecular weight excluding hydrogens is 358 g/mol. The van der Waals surface area contributed by atoms with Gasteiger partial charge in [0.15, 0.2) is 0 Å². The third-order valence-corrected chi connectivity index (χ3v) is 5.71. The predicted octanol–water partition coefficient (Wildman–Crippen LogP) is 6.79. The molecule has 0 spiro atoms. The van der Waals surface area contributed by atoms with E-state index in [1.165, 1.54) is 70.6 Å². The van der Waals surface area contributed by atoms with Gasteiger partial charge in [-0.25, -0.2) is 0 Å². The number of pyridine rings is 1. The molecule has 4 nitrogen and oxygen atoms in total. The molecule has 1 fully saturated rings. The molecule has 1 saturated carbocycles. The molecule has 0 amide bonds. The standard InChI is InChI=1S/C25H37N3O/c1-2-3-4-5-9-12-22-18-27-25(20-26-22)24-16-15-23(19-28-24)29-17-10-7-6-8-11-21-13-14-21/h15-16,18-21H,2-14,17H2,1H3. The maximum Gasteiger partial charge on any atom is 0.137 e. The van der Waals surface area contributed by atoms with Crippen LogP contribution in [0.25, 0.3) is 11.4 Å². The van der Waals surface area contributed by atoms with Gasteiger partial charge in [-0.05, 0) is 37.3 Å². The highest BCUT2D eigenvalue weighted by Crippen LogP contribution is 2.34. The van der Waals surface area contributed by atoms with Gasteiger partial charge in [0.1, 0.15) is 11.4 Å². The van der Waals surface area contributed by atoms with E-state index in [0.29, 0.717) is 0 Å². The fourth-order valence-corrected chi connectivity index (χ4v) is 3.63. The molecule has 1 aliphatic carbocycles. The summed E-state index contributed by atoms with van der Waals surface area (Å²) in [7, 11) is 0. The minimum Gasteiger partial charge on any atom is -0.492 e. The van der Waals surface area contributed by atoms with Crippen LogP contribution < -0.4 is 4.74 Å². The van der Waals surface area contributed by atoms with Crippen LogP contribution in [0.5, 0.6) is 5.75 Å². The quantitative estimate of drug-likeness (QED) is 0.311. The maximum atomic E-state index is 5.83. The Morgan fingerprint density at radius 1 is 0.793 bits per heavy atom. The Morgan fingerprint density at radius 3 is 2.31 bits per heavy atom. The normalized spacial score (nSPS) is 13.6. The molecule has 0 saturated heterocycles. The van der Waals surface area contributed by atoms with Crippen LogP contribution in [0.4, 0.5) is 0 Å². The maximum absolute atomic E-state index is 5.83. The molecule has 2 aromatic heterocycles. The van der Waals surface area contributed by atoms with Crippen LogP contribution in [0.3, 0.4) is 0 Å². The molecule has 0 N–H and O–H groups in total. The summed E-state index contributed by atoms with van der Waals surface area (Å²) in [5, 5.41) is 0. The van der Waals surface area contributed by atoms with Gasteiger partial charge < -0.3 is 4.74 Å². The Hall–Kier alpha value is -1.97. The van der Waals surface area contributed by atoms with E-state index in [1.54, 1.807) is 6.20 Å². The zero-order valence-corrected chi connectivity index (χ0v) is 18.1. The molecule has 2 heterocycles. The molecule has 1 aliphatic rings. The Kier molecular flexibility index (Phi) is 9.41. The minimum atomic E-state index is 0.775. The molecule has 0 bridgehead atoms. The third kappa shape index (κ3) is 8.51. The summed E-state index contributed by atoms with van der Waals surface area (Å²) in [6.45, 7) is 3.02. The summed E-state index contributed by atoms with van der Waals surface area (Å²) in [5.41, 5.74) is 2.74. The van der Waals surface area contributed by atoms with Crippen molar-refractivity contribution in [2.24, 2.45) is 5.92 Å². The summed E-state index contributed by atoms with van der Waals surface area (Å²) in [6.07, 6.45) is 22.4. The highest BCUT2D eigenvalue weighted by molar-refractivity contribution is 5.53.